The minimum absolute atomic E-state index is 0.00135. The summed E-state index contributed by atoms with van der Waals surface area (Å²) in [4.78, 5) is 28.0. The molecule has 0 aliphatic carbocycles. The average Bonchev–Trinajstić information content (AvgIpc) is 2.91. The first-order chi connectivity index (χ1) is 18.5. The molecule has 6 nitrogen and oxygen atoms in total. The summed E-state index contributed by atoms with van der Waals surface area (Å²) in [5.74, 6) is 0.429. The molecule has 4 rings (SSSR count). The Morgan fingerprint density at radius 2 is 1.23 bits per heavy atom. The first kappa shape index (κ1) is 31.0. The van der Waals surface area contributed by atoms with Gasteiger partial charge in [-0.25, -0.2) is 0 Å². The SMILES string of the molecule is CC(C)(C)[Si](C)(C)OC[C@H]1CCCC(=O)N1Cc1ccccc1.O=C1CCC[C@H](CO)N1Cc1ccccc1. The number of aliphatic hydroxyl groups excluding tert-OH is 1. The molecular weight excluding hydrogens is 504 g/mol. The molecular formula is C32H48N2O4Si. The lowest BCUT2D eigenvalue weighted by atomic mass is 10.0. The Kier molecular flexibility index (Phi) is 11.3. The zero-order valence-electron chi connectivity index (χ0n) is 24.6. The molecule has 0 spiro atoms. The highest BCUT2D eigenvalue weighted by molar-refractivity contribution is 6.74. The number of hydrogen-bond acceptors (Lipinski definition) is 4. The number of aliphatic hydroxyl groups is 1. The van der Waals surface area contributed by atoms with Gasteiger partial charge in [0.25, 0.3) is 0 Å². The smallest absolute Gasteiger partial charge is 0.223 e. The van der Waals surface area contributed by atoms with Gasteiger partial charge in [-0.3, -0.25) is 9.59 Å². The molecule has 2 atom stereocenters. The third kappa shape index (κ3) is 9.02. The van der Waals surface area contributed by atoms with Crippen molar-refractivity contribution in [1.82, 2.24) is 9.80 Å². The van der Waals surface area contributed by atoms with Crippen LogP contribution in [-0.2, 0) is 27.1 Å². The van der Waals surface area contributed by atoms with Gasteiger partial charge < -0.3 is 19.3 Å². The highest BCUT2D eigenvalue weighted by Gasteiger charge is 2.39. The van der Waals surface area contributed by atoms with Crippen molar-refractivity contribution in [3.8, 4) is 0 Å². The number of carbonyl (C=O) groups is 2. The van der Waals surface area contributed by atoms with Crippen LogP contribution in [0.3, 0.4) is 0 Å². The maximum absolute atomic E-state index is 12.4. The summed E-state index contributed by atoms with van der Waals surface area (Å²) in [7, 11) is -1.77. The zero-order chi connectivity index (χ0) is 28.5. The predicted molar refractivity (Wildman–Crippen MR) is 159 cm³/mol. The summed E-state index contributed by atoms with van der Waals surface area (Å²) in [5.41, 5.74) is 2.32. The Labute approximate surface area is 236 Å². The minimum atomic E-state index is -1.77. The maximum Gasteiger partial charge on any atom is 0.223 e. The van der Waals surface area contributed by atoms with Crippen molar-refractivity contribution in [2.45, 2.75) is 103 Å². The van der Waals surface area contributed by atoms with E-state index in [1.54, 1.807) is 4.90 Å². The quantitative estimate of drug-likeness (QED) is 0.399. The van der Waals surface area contributed by atoms with E-state index in [4.69, 9.17) is 4.43 Å². The van der Waals surface area contributed by atoms with E-state index in [1.807, 2.05) is 53.4 Å². The van der Waals surface area contributed by atoms with Gasteiger partial charge in [-0.15, -0.1) is 0 Å². The molecule has 0 aromatic heterocycles. The third-order valence-corrected chi connectivity index (χ3v) is 12.9. The molecule has 2 amide bonds. The number of amides is 2. The lowest BCUT2D eigenvalue weighted by Gasteiger charge is -2.41. The monoisotopic (exact) mass is 552 g/mol. The van der Waals surface area contributed by atoms with Crippen LogP contribution < -0.4 is 0 Å². The molecule has 0 unspecified atom stereocenters. The van der Waals surface area contributed by atoms with Crippen LogP contribution in [0.5, 0.6) is 0 Å². The minimum Gasteiger partial charge on any atom is -0.415 e. The van der Waals surface area contributed by atoms with Gasteiger partial charge >= 0.3 is 0 Å². The fourth-order valence-electron chi connectivity index (χ4n) is 4.86. The number of benzene rings is 2. The molecule has 1 N–H and O–H groups in total. The lowest BCUT2D eigenvalue weighted by Crippen LogP contribution is -2.49. The third-order valence-electron chi connectivity index (χ3n) is 8.42. The van der Waals surface area contributed by atoms with E-state index in [0.29, 0.717) is 32.5 Å². The maximum atomic E-state index is 12.4. The summed E-state index contributed by atoms with van der Waals surface area (Å²) in [6.45, 7) is 13.4. The van der Waals surface area contributed by atoms with E-state index >= 15 is 0 Å². The Hall–Kier alpha value is -2.48. The van der Waals surface area contributed by atoms with Gasteiger partial charge in [-0.1, -0.05) is 81.4 Å². The second-order valence-corrected chi connectivity index (χ2v) is 17.2. The fourth-order valence-corrected chi connectivity index (χ4v) is 5.91. The standard InChI is InChI=1S/C19H31NO2Si.C13H17NO2/c1-19(2,3)23(4,5)22-15-17-12-9-13-18(21)20(17)14-16-10-7-6-8-11-16;15-10-12-7-4-8-13(16)14(12)9-11-5-2-1-3-6-11/h6-8,10-11,17H,9,12-15H2,1-5H3;1-3,5-6,12,15H,4,7-10H2/t17-;12-/m11/s1. The van der Waals surface area contributed by atoms with Gasteiger partial charge in [0.05, 0.1) is 25.3 Å². The first-order valence-corrected chi connectivity index (χ1v) is 17.3. The first-order valence-electron chi connectivity index (χ1n) is 14.4. The van der Waals surface area contributed by atoms with Gasteiger partial charge in [-0.2, -0.15) is 0 Å². The van der Waals surface area contributed by atoms with Crippen LogP contribution in [0.2, 0.25) is 18.1 Å². The van der Waals surface area contributed by atoms with Gasteiger partial charge in [-0.05, 0) is 54.9 Å². The molecule has 2 saturated heterocycles. The second-order valence-electron chi connectivity index (χ2n) is 12.4. The molecule has 0 saturated carbocycles. The summed E-state index contributed by atoms with van der Waals surface area (Å²) < 4.78 is 6.39. The molecule has 2 aromatic carbocycles. The highest BCUT2D eigenvalue weighted by atomic mass is 28.4. The van der Waals surface area contributed by atoms with Crippen LogP contribution in [-0.4, -0.2) is 60.3 Å². The molecule has 2 aromatic rings. The fraction of sp³-hybridized carbons (Fsp3) is 0.562. The van der Waals surface area contributed by atoms with Crippen molar-refractivity contribution in [3.63, 3.8) is 0 Å². The molecule has 2 heterocycles. The van der Waals surface area contributed by atoms with E-state index in [9.17, 15) is 14.7 Å². The van der Waals surface area contributed by atoms with E-state index in [0.717, 1.165) is 31.2 Å². The van der Waals surface area contributed by atoms with Crippen LogP contribution in [0.1, 0.15) is 70.4 Å². The Morgan fingerprint density at radius 1 is 0.795 bits per heavy atom. The highest BCUT2D eigenvalue weighted by Crippen LogP contribution is 2.37. The van der Waals surface area contributed by atoms with Crippen LogP contribution >= 0.6 is 0 Å². The molecule has 2 aliphatic heterocycles. The van der Waals surface area contributed by atoms with Crippen molar-refractivity contribution >= 4 is 20.1 Å². The number of likely N-dealkylation sites (tertiary alicyclic amines) is 2. The van der Waals surface area contributed by atoms with E-state index < -0.39 is 8.32 Å². The number of piperidine rings is 2. The van der Waals surface area contributed by atoms with Crippen molar-refractivity contribution in [2.75, 3.05) is 13.2 Å². The number of nitrogens with zero attached hydrogens (tertiary/aromatic N) is 2. The molecule has 0 bridgehead atoms. The van der Waals surface area contributed by atoms with Crippen molar-refractivity contribution in [1.29, 1.82) is 0 Å². The van der Waals surface area contributed by atoms with Crippen LogP contribution in [0.4, 0.5) is 0 Å². The van der Waals surface area contributed by atoms with Crippen LogP contribution in [0.15, 0.2) is 60.7 Å². The van der Waals surface area contributed by atoms with E-state index in [2.05, 4.69) is 46.0 Å². The zero-order valence-corrected chi connectivity index (χ0v) is 25.6. The van der Waals surface area contributed by atoms with Gasteiger partial charge in [0.15, 0.2) is 8.32 Å². The Balaban J connectivity index is 0.000000230. The molecule has 0 radical (unpaired) electrons. The normalized spacial score (nSPS) is 20.5. The van der Waals surface area contributed by atoms with Crippen molar-refractivity contribution in [3.05, 3.63) is 71.8 Å². The predicted octanol–water partition coefficient (Wildman–Crippen LogP) is 6.15. The second kappa shape index (κ2) is 14.2. The van der Waals surface area contributed by atoms with Crippen LogP contribution in [0, 0.1) is 0 Å². The van der Waals surface area contributed by atoms with E-state index in [-0.39, 0.29) is 35.5 Å². The largest absolute Gasteiger partial charge is 0.415 e. The van der Waals surface area contributed by atoms with E-state index in [1.165, 1.54) is 5.56 Å². The Morgan fingerprint density at radius 3 is 1.67 bits per heavy atom. The van der Waals surface area contributed by atoms with Gasteiger partial charge in [0.1, 0.15) is 0 Å². The lowest BCUT2D eigenvalue weighted by molar-refractivity contribution is -0.139. The summed E-state index contributed by atoms with van der Waals surface area (Å²) in [6, 6.07) is 20.4. The Bertz CT molecular complexity index is 1040. The number of carbonyl (C=O) groups excluding carboxylic acids is 2. The molecule has 39 heavy (non-hydrogen) atoms. The topological polar surface area (TPSA) is 70.1 Å². The molecule has 7 heteroatoms. The van der Waals surface area contributed by atoms with Crippen molar-refractivity contribution in [2.24, 2.45) is 0 Å². The number of rotatable bonds is 8. The van der Waals surface area contributed by atoms with Crippen molar-refractivity contribution < 1.29 is 19.1 Å². The van der Waals surface area contributed by atoms with Gasteiger partial charge in [0, 0.05) is 25.9 Å². The van der Waals surface area contributed by atoms with Crippen LogP contribution in [0.25, 0.3) is 0 Å². The number of hydrogen-bond donors (Lipinski definition) is 1. The molecule has 2 fully saturated rings. The molecule has 2 aliphatic rings. The summed E-state index contributed by atoms with van der Waals surface area (Å²) in [6.07, 6.45) is 5.13. The molecule has 214 valence electrons. The average molecular weight is 553 g/mol. The summed E-state index contributed by atoms with van der Waals surface area (Å²) >= 11 is 0. The van der Waals surface area contributed by atoms with Gasteiger partial charge in [0.2, 0.25) is 11.8 Å². The summed E-state index contributed by atoms with van der Waals surface area (Å²) in [5, 5.41) is 9.47.